The van der Waals surface area contributed by atoms with Gasteiger partial charge in [0, 0.05) is 18.1 Å². The molecule has 1 N–H and O–H groups in total. The third kappa shape index (κ3) is 2.62. The fourth-order valence-electron chi connectivity index (χ4n) is 1.64. The highest BCUT2D eigenvalue weighted by Crippen LogP contribution is 2.33. The number of fused-ring (bicyclic) bond motifs is 1. The first-order chi connectivity index (χ1) is 9.52. The largest absolute Gasteiger partial charge is 0.454 e. The number of aromatic nitrogens is 2. The van der Waals surface area contributed by atoms with Gasteiger partial charge in [-0.25, -0.2) is 0 Å². The Morgan fingerprint density at radius 1 is 1.25 bits per heavy atom. The van der Waals surface area contributed by atoms with Gasteiger partial charge in [0.15, 0.2) is 11.5 Å². The van der Waals surface area contributed by atoms with Crippen molar-refractivity contribution in [1.29, 1.82) is 0 Å². The van der Waals surface area contributed by atoms with Crippen molar-refractivity contribution in [1.82, 2.24) is 9.36 Å². The lowest BCUT2D eigenvalue weighted by Crippen LogP contribution is -2.07. The van der Waals surface area contributed by atoms with Crippen molar-refractivity contribution in [3.05, 3.63) is 29.6 Å². The molecule has 2 aromatic rings. The average molecular weight is 303 g/mol. The van der Waals surface area contributed by atoms with E-state index in [-0.39, 0.29) is 11.9 Å². The summed E-state index contributed by atoms with van der Waals surface area (Å²) in [5.41, 5.74) is 0.845. The number of rotatable bonds is 3. The maximum absolute atomic E-state index is 12.3. The standard InChI is InChI=1S/C11H8F3N3O2S/c12-11(13,14)9-16-10(20-17-9)15-4-6-1-2-7-8(3-6)19-5-18-7/h1-3H,4-5H2,(H,15,16,17). The van der Waals surface area contributed by atoms with Crippen molar-refractivity contribution in [3.8, 4) is 11.5 Å². The van der Waals surface area contributed by atoms with Gasteiger partial charge < -0.3 is 14.8 Å². The quantitative estimate of drug-likeness (QED) is 0.945. The summed E-state index contributed by atoms with van der Waals surface area (Å²) < 4.78 is 50.7. The summed E-state index contributed by atoms with van der Waals surface area (Å²) in [5, 5.41) is 2.91. The monoisotopic (exact) mass is 303 g/mol. The van der Waals surface area contributed by atoms with Crippen LogP contribution in [-0.2, 0) is 12.7 Å². The van der Waals surface area contributed by atoms with Crippen molar-refractivity contribution in [2.45, 2.75) is 12.7 Å². The predicted molar refractivity (Wildman–Crippen MR) is 64.8 cm³/mol. The van der Waals surface area contributed by atoms with E-state index >= 15 is 0 Å². The zero-order valence-corrected chi connectivity index (χ0v) is 10.7. The molecule has 0 fully saturated rings. The molecule has 1 aromatic heterocycles. The molecular formula is C11H8F3N3O2S. The Morgan fingerprint density at radius 3 is 2.80 bits per heavy atom. The van der Waals surface area contributed by atoms with E-state index in [4.69, 9.17) is 9.47 Å². The summed E-state index contributed by atoms with van der Waals surface area (Å²) >= 11 is 0.673. The number of ether oxygens (including phenoxy) is 2. The number of alkyl halides is 3. The summed E-state index contributed by atoms with van der Waals surface area (Å²) in [6.07, 6.45) is -4.52. The zero-order chi connectivity index (χ0) is 14.2. The molecular weight excluding hydrogens is 295 g/mol. The van der Waals surface area contributed by atoms with Crippen LogP contribution in [0, 0.1) is 0 Å². The first kappa shape index (κ1) is 13.0. The van der Waals surface area contributed by atoms with Gasteiger partial charge in [-0.3, -0.25) is 0 Å². The normalized spacial score (nSPS) is 13.6. The first-order valence-electron chi connectivity index (χ1n) is 5.56. The second-order valence-electron chi connectivity index (χ2n) is 3.96. The Labute approximate surface area is 115 Å². The number of nitrogens with one attached hydrogen (secondary N) is 1. The van der Waals surface area contributed by atoms with E-state index in [0.717, 1.165) is 5.56 Å². The molecule has 9 heteroatoms. The summed E-state index contributed by atoms with van der Waals surface area (Å²) in [5.74, 6) is 0.150. The van der Waals surface area contributed by atoms with Crippen molar-refractivity contribution >= 4 is 16.7 Å². The second-order valence-corrected chi connectivity index (χ2v) is 4.71. The smallest absolute Gasteiger partial charge is 0.452 e. The molecule has 0 radical (unpaired) electrons. The molecule has 3 rings (SSSR count). The molecule has 0 saturated carbocycles. The van der Waals surface area contributed by atoms with Crippen molar-refractivity contribution in [2.24, 2.45) is 0 Å². The molecule has 0 unspecified atom stereocenters. The van der Waals surface area contributed by atoms with Gasteiger partial charge in [0.2, 0.25) is 17.7 Å². The van der Waals surface area contributed by atoms with Gasteiger partial charge in [0.05, 0.1) is 0 Å². The van der Waals surface area contributed by atoms with E-state index in [0.29, 0.717) is 29.6 Å². The molecule has 0 atom stereocenters. The Hall–Kier alpha value is -2.03. The third-order valence-corrected chi connectivity index (χ3v) is 3.23. The second kappa shape index (κ2) is 4.82. The molecule has 5 nitrogen and oxygen atoms in total. The number of halogens is 3. The number of hydrogen-bond donors (Lipinski definition) is 1. The van der Waals surface area contributed by atoms with Gasteiger partial charge >= 0.3 is 6.18 Å². The van der Waals surface area contributed by atoms with Gasteiger partial charge in [0.1, 0.15) is 0 Å². The Bertz CT molecular complexity index is 630. The molecule has 0 aliphatic carbocycles. The van der Waals surface area contributed by atoms with Crippen LogP contribution in [0.3, 0.4) is 0 Å². The van der Waals surface area contributed by atoms with Gasteiger partial charge in [-0.05, 0) is 17.7 Å². The van der Waals surface area contributed by atoms with Crippen LogP contribution >= 0.6 is 11.5 Å². The van der Waals surface area contributed by atoms with Crippen LogP contribution in [0.4, 0.5) is 18.3 Å². The van der Waals surface area contributed by atoms with Crippen LogP contribution in [0.25, 0.3) is 0 Å². The first-order valence-corrected chi connectivity index (χ1v) is 6.33. The maximum atomic E-state index is 12.3. The lowest BCUT2D eigenvalue weighted by atomic mass is 10.2. The molecule has 2 heterocycles. The highest BCUT2D eigenvalue weighted by atomic mass is 32.1. The minimum absolute atomic E-state index is 0.120. The molecule has 0 bridgehead atoms. The van der Waals surface area contributed by atoms with E-state index in [1.54, 1.807) is 18.2 Å². The summed E-state index contributed by atoms with van der Waals surface area (Å²) in [6, 6.07) is 5.31. The van der Waals surface area contributed by atoms with Gasteiger partial charge in [-0.2, -0.15) is 22.5 Å². The zero-order valence-electron chi connectivity index (χ0n) is 9.90. The highest BCUT2D eigenvalue weighted by Gasteiger charge is 2.36. The number of benzene rings is 1. The molecule has 1 aliphatic heterocycles. The van der Waals surface area contributed by atoms with Crippen LogP contribution in [0.5, 0.6) is 11.5 Å². The van der Waals surface area contributed by atoms with E-state index in [9.17, 15) is 13.2 Å². The van der Waals surface area contributed by atoms with Crippen molar-refractivity contribution < 1.29 is 22.6 Å². The highest BCUT2D eigenvalue weighted by molar-refractivity contribution is 7.09. The minimum atomic E-state index is -4.52. The van der Waals surface area contributed by atoms with Crippen LogP contribution in [0.1, 0.15) is 11.4 Å². The van der Waals surface area contributed by atoms with E-state index in [2.05, 4.69) is 14.7 Å². The van der Waals surface area contributed by atoms with Gasteiger partial charge in [0.25, 0.3) is 0 Å². The fourth-order valence-corrected chi connectivity index (χ4v) is 2.22. The van der Waals surface area contributed by atoms with E-state index in [1.807, 2.05) is 0 Å². The SMILES string of the molecule is FC(F)(F)c1nsc(NCc2ccc3c(c2)OCO3)n1. The van der Waals surface area contributed by atoms with Gasteiger partial charge in [-0.15, -0.1) is 0 Å². The third-order valence-electron chi connectivity index (χ3n) is 2.56. The van der Waals surface area contributed by atoms with Gasteiger partial charge in [-0.1, -0.05) is 6.07 Å². The minimum Gasteiger partial charge on any atom is -0.454 e. The molecule has 0 saturated heterocycles. The van der Waals surface area contributed by atoms with Crippen molar-refractivity contribution in [2.75, 3.05) is 12.1 Å². The Morgan fingerprint density at radius 2 is 2.05 bits per heavy atom. The van der Waals surface area contributed by atoms with Crippen LogP contribution in [-0.4, -0.2) is 16.2 Å². The topological polar surface area (TPSA) is 56.3 Å². The van der Waals surface area contributed by atoms with Crippen LogP contribution in [0.15, 0.2) is 18.2 Å². The lowest BCUT2D eigenvalue weighted by Gasteiger charge is -2.04. The molecule has 0 amide bonds. The molecule has 1 aromatic carbocycles. The number of nitrogens with zero attached hydrogens (tertiary/aromatic N) is 2. The molecule has 106 valence electrons. The Balaban J connectivity index is 1.66. The summed E-state index contributed by atoms with van der Waals surface area (Å²) in [6.45, 7) is 0.501. The molecule has 1 aliphatic rings. The maximum Gasteiger partial charge on any atom is 0.452 e. The number of hydrogen-bond acceptors (Lipinski definition) is 6. The fraction of sp³-hybridized carbons (Fsp3) is 0.273. The summed E-state index contributed by atoms with van der Waals surface area (Å²) in [4.78, 5) is 3.38. The predicted octanol–water partition coefficient (Wildman–Crippen LogP) is 2.90. The van der Waals surface area contributed by atoms with Crippen molar-refractivity contribution in [3.63, 3.8) is 0 Å². The average Bonchev–Trinajstić information content (AvgIpc) is 3.04. The molecule has 0 spiro atoms. The molecule has 20 heavy (non-hydrogen) atoms. The number of anilines is 1. The Kier molecular flexibility index (Phi) is 3.13. The van der Waals surface area contributed by atoms with E-state index < -0.39 is 12.0 Å². The van der Waals surface area contributed by atoms with Crippen LogP contribution < -0.4 is 14.8 Å². The summed E-state index contributed by atoms with van der Waals surface area (Å²) in [7, 11) is 0. The van der Waals surface area contributed by atoms with E-state index in [1.165, 1.54) is 0 Å². The van der Waals surface area contributed by atoms with Crippen LogP contribution in [0.2, 0.25) is 0 Å². The lowest BCUT2D eigenvalue weighted by molar-refractivity contribution is -0.144.